The second kappa shape index (κ2) is 16.7. The average Bonchev–Trinajstić information content (AvgIpc) is 4.04. The molecular weight excluding hydrogens is 815 g/mol. The Kier molecular flexibility index (Phi) is 11.1. The van der Waals surface area contributed by atoms with Gasteiger partial charge in [-0.05, 0) is 81.1 Å². The van der Waals surface area contributed by atoms with Crippen molar-refractivity contribution in [3.05, 3.63) is 101 Å². The normalized spacial score (nSPS) is 14.3. The molecule has 2 saturated heterocycles. The zero-order chi connectivity index (χ0) is 40.3. The topological polar surface area (TPSA) is 238 Å². The van der Waals surface area contributed by atoms with Gasteiger partial charge in [0.2, 0.25) is 0 Å². The molecule has 0 spiro atoms. The molecule has 58 heavy (non-hydrogen) atoms. The van der Waals surface area contributed by atoms with Crippen molar-refractivity contribution in [2.45, 2.75) is 0 Å². The number of hydrogen-bond donors (Lipinski definition) is 4. The Morgan fingerprint density at radius 2 is 1.16 bits per heavy atom. The summed E-state index contributed by atoms with van der Waals surface area (Å²) in [5, 5.41) is 17.7. The Morgan fingerprint density at radius 3 is 1.72 bits per heavy atom. The molecule has 2 aliphatic rings. The van der Waals surface area contributed by atoms with E-state index in [2.05, 4.69) is 35.9 Å². The minimum atomic E-state index is -1.50. The van der Waals surface area contributed by atoms with E-state index in [1.807, 2.05) is 63.7 Å². The molecule has 6 aromatic heterocycles. The van der Waals surface area contributed by atoms with Gasteiger partial charge in [-0.25, -0.2) is 9.97 Å². The van der Waals surface area contributed by atoms with E-state index in [0.717, 1.165) is 26.9 Å². The van der Waals surface area contributed by atoms with Gasteiger partial charge in [0.05, 0.1) is 38.8 Å². The van der Waals surface area contributed by atoms with E-state index in [4.69, 9.17) is 39.8 Å². The number of aromatic nitrogens is 6. The molecule has 0 saturated carbocycles. The molecule has 2 aliphatic heterocycles. The summed E-state index contributed by atoms with van der Waals surface area (Å²) >= 11 is 3.40. The molecule has 18 nitrogen and oxygen atoms in total. The van der Waals surface area contributed by atoms with E-state index < -0.39 is 7.12 Å². The van der Waals surface area contributed by atoms with Crippen LogP contribution in [0.4, 0.5) is 12.0 Å². The third-order valence-corrected chi connectivity index (χ3v) is 9.94. The molecule has 2 amide bonds. The molecule has 10 rings (SSSR count). The summed E-state index contributed by atoms with van der Waals surface area (Å²) in [6.45, 7) is 4.80. The summed E-state index contributed by atoms with van der Waals surface area (Å²) in [4.78, 5) is 45.5. The van der Waals surface area contributed by atoms with Crippen LogP contribution in [0.25, 0.3) is 44.6 Å². The molecule has 8 aromatic rings. The molecule has 0 atom stereocenters. The second-order valence-electron chi connectivity index (χ2n) is 13.2. The number of carbonyl (C=O) groups is 2. The van der Waals surface area contributed by atoms with Gasteiger partial charge in [-0.1, -0.05) is 12.1 Å². The van der Waals surface area contributed by atoms with Crippen molar-refractivity contribution < 1.29 is 37.9 Å². The highest BCUT2D eigenvalue weighted by molar-refractivity contribution is 9.10. The number of hydrogen-bond acceptors (Lipinski definition) is 14. The first-order valence-corrected chi connectivity index (χ1v) is 18.9. The quantitative estimate of drug-likeness (QED) is 0.186. The van der Waals surface area contributed by atoms with E-state index in [1.165, 1.54) is 12.1 Å². The highest BCUT2D eigenvalue weighted by atomic mass is 79.9. The zero-order valence-corrected chi connectivity index (χ0v) is 32.4. The number of morpholine rings is 2. The largest absolute Gasteiger partial charge is 0.488 e. The SMILES string of the molecule is Nc1nc2cc(-c3ccc4ncc(C(=O)N5CCOCC5)n4c3)ccc2o1.Nc1nc2cc(B(O)O)ccc2o1.O=C(c1cnc2ccc(Br)cn12)N1CCOCC1. The maximum Gasteiger partial charge on any atom is 0.488 e. The van der Waals surface area contributed by atoms with Crippen LogP contribution < -0.4 is 16.9 Å². The highest BCUT2D eigenvalue weighted by Gasteiger charge is 2.23. The molecule has 20 heteroatoms. The number of imidazole rings is 2. The minimum absolute atomic E-state index is 0.00361. The maximum atomic E-state index is 12.9. The monoisotopic (exact) mass is 850 g/mol. The number of carbonyl (C=O) groups excluding carboxylic acids is 2. The Labute approximate surface area is 337 Å². The van der Waals surface area contributed by atoms with Gasteiger partial charge in [-0.3, -0.25) is 18.4 Å². The lowest BCUT2D eigenvalue weighted by atomic mass is 9.80. The number of nitrogens with two attached hydrogens (primary N) is 2. The molecule has 0 bridgehead atoms. The summed E-state index contributed by atoms with van der Waals surface area (Å²) in [7, 11) is -1.50. The summed E-state index contributed by atoms with van der Waals surface area (Å²) in [6.07, 6.45) is 7.02. The minimum Gasteiger partial charge on any atom is -0.424 e. The number of benzene rings is 2. The highest BCUT2D eigenvalue weighted by Crippen LogP contribution is 2.26. The van der Waals surface area contributed by atoms with Crippen LogP contribution in [0.5, 0.6) is 0 Å². The number of rotatable bonds is 4. The first-order valence-electron chi connectivity index (χ1n) is 18.1. The number of pyridine rings is 2. The fourth-order valence-corrected chi connectivity index (χ4v) is 6.86. The Hall–Kier alpha value is -6.32. The van der Waals surface area contributed by atoms with Crippen LogP contribution in [0.3, 0.4) is 0 Å². The van der Waals surface area contributed by atoms with Gasteiger partial charge < -0.3 is 49.6 Å². The third kappa shape index (κ3) is 8.22. The second-order valence-corrected chi connectivity index (χ2v) is 14.1. The Bertz CT molecular complexity index is 2750. The van der Waals surface area contributed by atoms with Gasteiger partial charge in [0.15, 0.2) is 11.2 Å². The number of nitrogens with zero attached hydrogens (tertiary/aromatic N) is 8. The van der Waals surface area contributed by atoms with Gasteiger partial charge in [0.1, 0.15) is 33.7 Å². The van der Waals surface area contributed by atoms with Crippen LogP contribution in [0.15, 0.2) is 98.8 Å². The fraction of sp³-hybridized carbons (Fsp3) is 0.211. The average molecular weight is 851 g/mol. The smallest absolute Gasteiger partial charge is 0.424 e. The maximum absolute atomic E-state index is 12.9. The molecule has 8 heterocycles. The Balaban J connectivity index is 0.000000131. The van der Waals surface area contributed by atoms with Crippen LogP contribution in [0.2, 0.25) is 0 Å². The molecule has 296 valence electrons. The molecule has 6 N–H and O–H groups in total. The van der Waals surface area contributed by atoms with E-state index in [9.17, 15) is 9.59 Å². The molecule has 2 aromatic carbocycles. The van der Waals surface area contributed by atoms with Crippen molar-refractivity contribution in [1.29, 1.82) is 0 Å². The van der Waals surface area contributed by atoms with Gasteiger partial charge in [0.25, 0.3) is 23.8 Å². The number of nitrogen functional groups attached to an aromatic ring is 2. The number of fused-ring (bicyclic) bond motifs is 4. The summed E-state index contributed by atoms with van der Waals surface area (Å²) < 4.78 is 25.5. The van der Waals surface area contributed by atoms with E-state index in [1.54, 1.807) is 28.3 Å². The number of halogens is 1. The van der Waals surface area contributed by atoms with Crippen molar-refractivity contribution >= 4 is 85.8 Å². The molecular formula is C38H36BBrN10O8. The predicted octanol–water partition coefficient (Wildman–Crippen LogP) is 2.86. The standard InChI is InChI=1S/C19H17N5O3.C12H12BrN3O2.C7H7BN2O3/c20-19-22-14-9-12(1-3-16(14)27-19)13-2-4-17-21-10-15(24(17)11-13)18(25)23-5-7-26-8-6-23;13-9-1-2-11-14-7-10(16(11)8-9)12(17)15-3-5-18-6-4-15;9-7-10-5-3-4(8(11)12)1-2-6(5)13-7/h1-4,9-11H,5-8H2,(H2,20,22);1-2,7-8H,3-6H2;1-3,11-12H,(H2,9,10). The first-order chi connectivity index (χ1) is 28.1. The van der Waals surface area contributed by atoms with Crippen LogP contribution >= 0.6 is 15.9 Å². The first kappa shape index (κ1) is 38.6. The van der Waals surface area contributed by atoms with E-state index in [-0.39, 0.29) is 23.8 Å². The molecule has 0 radical (unpaired) electrons. The van der Waals surface area contributed by atoms with Crippen LogP contribution in [0.1, 0.15) is 21.0 Å². The number of anilines is 2. The van der Waals surface area contributed by atoms with Crippen molar-refractivity contribution in [3.63, 3.8) is 0 Å². The lowest BCUT2D eigenvalue weighted by Gasteiger charge is -2.26. The van der Waals surface area contributed by atoms with Crippen LogP contribution in [-0.2, 0) is 9.47 Å². The van der Waals surface area contributed by atoms with Crippen LogP contribution in [0, 0.1) is 0 Å². The van der Waals surface area contributed by atoms with E-state index in [0.29, 0.717) is 91.7 Å². The molecule has 0 unspecified atom stereocenters. The van der Waals surface area contributed by atoms with Gasteiger partial charge >= 0.3 is 7.12 Å². The lowest BCUT2D eigenvalue weighted by Crippen LogP contribution is -2.41. The number of oxazole rings is 2. The van der Waals surface area contributed by atoms with Crippen LogP contribution in [-0.4, -0.2) is 120 Å². The molecule has 2 fully saturated rings. The number of ether oxygens (including phenoxy) is 2. The lowest BCUT2D eigenvalue weighted by molar-refractivity contribution is 0.0297. The van der Waals surface area contributed by atoms with Crippen molar-refractivity contribution in [2.75, 3.05) is 64.1 Å². The van der Waals surface area contributed by atoms with Crippen molar-refractivity contribution in [2.24, 2.45) is 0 Å². The van der Waals surface area contributed by atoms with Gasteiger partial charge in [-0.15, -0.1) is 0 Å². The predicted molar refractivity (Wildman–Crippen MR) is 217 cm³/mol. The summed E-state index contributed by atoms with van der Waals surface area (Å²) in [5.41, 5.74) is 18.2. The number of amides is 2. The van der Waals surface area contributed by atoms with Crippen molar-refractivity contribution in [1.82, 2.24) is 38.5 Å². The van der Waals surface area contributed by atoms with Crippen molar-refractivity contribution in [3.8, 4) is 11.1 Å². The summed E-state index contributed by atoms with van der Waals surface area (Å²) in [6, 6.07) is 18.2. The van der Waals surface area contributed by atoms with E-state index >= 15 is 0 Å². The van der Waals surface area contributed by atoms with Gasteiger partial charge in [0, 0.05) is 43.0 Å². The third-order valence-electron chi connectivity index (χ3n) is 9.47. The summed E-state index contributed by atoms with van der Waals surface area (Å²) in [5.74, 6) is -0.0356. The Morgan fingerprint density at radius 1 is 0.655 bits per heavy atom. The zero-order valence-electron chi connectivity index (χ0n) is 30.8. The van der Waals surface area contributed by atoms with Gasteiger partial charge in [-0.2, -0.15) is 9.97 Å². The molecule has 0 aliphatic carbocycles. The fourth-order valence-electron chi connectivity index (χ4n) is 6.53.